The van der Waals surface area contributed by atoms with Crippen LogP contribution in [0.5, 0.6) is 0 Å². The number of carbonyl (C=O) groups is 1. The second-order valence-corrected chi connectivity index (χ2v) is 7.61. The van der Waals surface area contributed by atoms with Gasteiger partial charge in [-0.1, -0.05) is 11.6 Å². The molecule has 2 aromatic rings. The number of nitrogens with one attached hydrogen (secondary N) is 1. The fourth-order valence-electron chi connectivity index (χ4n) is 2.67. The van der Waals surface area contributed by atoms with E-state index in [1.165, 1.54) is 4.57 Å². The van der Waals surface area contributed by atoms with E-state index in [4.69, 9.17) is 11.6 Å². The number of benzene rings is 1. The molecule has 1 aromatic carbocycles. The van der Waals surface area contributed by atoms with Gasteiger partial charge in [0.05, 0.1) is 0 Å². The molecular formula is C19H24ClN3O3. The number of amides is 1. The van der Waals surface area contributed by atoms with E-state index in [1.807, 2.05) is 20.8 Å². The summed E-state index contributed by atoms with van der Waals surface area (Å²) in [5.74, 6) is 0.116. The third kappa shape index (κ3) is 4.93. The fourth-order valence-corrected chi connectivity index (χ4v) is 2.79. The fraction of sp³-hybridized carbons (Fsp3) is 0.421. The number of hydrogen-bond acceptors (Lipinski definition) is 4. The standard InChI is InChI=1S/C19H24ClN3O3/c1-12-15(9-10-24)18(26)23(11-16(25)22-19(2,3)4)17(21-12)13-5-7-14(20)8-6-13/h5-8,24H,9-11H2,1-4H3,(H,22,25). The highest BCUT2D eigenvalue weighted by Gasteiger charge is 2.20. The summed E-state index contributed by atoms with van der Waals surface area (Å²) in [7, 11) is 0. The molecule has 0 saturated carbocycles. The van der Waals surface area contributed by atoms with E-state index in [0.29, 0.717) is 27.7 Å². The maximum Gasteiger partial charge on any atom is 0.257 e. The monoisotopic (exact) mass is 377 g/mol. The largest absolute Gasteiger partial charge is 0.396 e. The summed E-state index contributed by atoms with van der Waals surface area (Å²) in [5.41, 5.74) is 0.914. The zero-order valence-electron chi connectivity index (χ0n) is 15.5. The quantitative estimate of drug-likeness (QED) is 0.837. The van der Waals surface area contributed by atoms with Crippen LogP contribution in [0.25, 0.3) is 11.4 Å². The maximum atomic E-state index is 12.9. The predicted octanol–water partition coefficient (Wildman–Crippen LogP) is 2.32. The molecule has 140 valence electrons. The highest BCUT2D eigenvalue weighted by Crippen LogP contribution is 2.20. The summed E-state index contributed by atoms with van der Waals surface area (Å²) in [6.45, 7) is 7.03. The summed E-state index contributed by atoms with van der Waals surface area (Å²) in [5, 5.41) is 12.7. The Hall–Kier alpha value is -2.18. The minimum atomic E-state index is -0.410. The Kier molecular flexibility index (Phi) is 6.21. The van der Waals surface area contributed by atoms with Crippen LogP contribution in [0.1, 0.15) is 32.0 Å². The van der Waals surface area contributed by atoms with Gasteiger partial charge in [-0.25, -0.2) is 4.98 Å². The number of aromatic nitrogens is 2. The van der Waals surface area contributed by atoms with E-state index >= 15 is 0 Å². The van der Waals surface area contributed by atoms with Crippen molar-refractivity contribution in [3.05, 3.63) is 50.9 Å². The summed E-state index contributed by atoms with van der Waals surface area (Å²) in [6.07, 6.45) is 0.194. The second kappa shape index (κ2) is 8.01. The summed E-state index contributed by atoms with van der Waals surface area (Å²) in [4.78, 5) is 29.9. The van der Waals surface area contributed by atoms with Crippen molar-refractivity contribution in [2.24, 2.45) is 0 Å². The molecule has 0 spiro atoms. The van der Waals surface area contributed by atoms with Crippen LogP contribution in [-0.2, 0) is 17.8 Å². The second-order valence-electron chi connectivity index (χ2n) is 7.17. The van der Waals surface area contributed by atoms with Gasteiger partial charge >= 0.3 is 0 Å². The van der Waals surface area contributed by atoms with Gasteiger partial charge in [-0.3, -0.25) is 14.2 Å². The van der Waals surface area contributed by atoms with Crippen LogP contribution in [0, 0.1) is 6.92 Å². The van der Waals surface area contributed by atoms with Gasteiger partial charge in [0.1, 0.15) is 12.4 Å². The van der Waals surface area contributed by atoms with E-state index in [1.54, 1.807) is 31.2 Å². The van der Waals surface area contributed by atoms with E-state index in [-0.39, 0.29) is 31.0 Å². The molecule has 1 heterocycles. The SMILES string of the molecule is Cc1nc(-c2ccc(Cl)cc2)n(CC(=O)NC(C)(C)C)c(=O)c1CCO. The number of carbonyl (C=O) groups excluding carboxylic acids is 1. The number of aliphatic hydroxyl groups excluding tert-OH is 1. The van der Waals surface area contributed by atoms with Crippen LogP contribution >= 0.6 is 11.6 Å². The number of rotatable bonds is 5. The molecule has 0 aliphatic rings. The molecule has 0 fully saturated rings. The van der Waals surface area contributed by atoms with E-state index in [2.05, 4.69) is 10.3 Å². The first kappa shape index (κ1) is 20.1. The van der Waals surface area contributed by atoms with Gasteiger partial charge in [-0.15, -0.1) is 0 Å². The van der Waals surface area contributed by atoms with Crippen molar-refractivity contribution in [1.29, 1.82) is 0 Å². The van der Waals surface area contributed by atoms with Crippen molar-refractivity contribution in [1.82, 2.24) is 14.9 Å². The van der Waals surface area contributed by atoms with Crippen molar-refractivity contribution < 1.29 is 9.90 Å². The molecule has 0 aliphatic heterocycles. The molecule has 0 radical (unpaired) electrons. The minimum Gasteiger partial charge on any atom is -0.396 e. The molecule has 0 unspecified atom stereocenters. The smallest absolute Gasteiger partial charge is 0.257 e. The lowest BCUT2D eigenvalue weighted by atomic mass is 10.1. The predicted molar refractivity (Wildman–Crippen MR) is 102 cm³/mol. The van der Waals surface area contributed by atoms with Crippen LogP contribution in [0.15, 0.2) is 29.1 Å². The average Bonchev–Trinajstić information content (AvgIpc) is 2.53. The lowest BCUT2D eigenvalue weighted by Crippen LogP contribution is -2.44. The molecule has 0 bridgehead atoms. The van der Waals surface area contributed by atoms with E-state index in [9.17, 15) is 14.7 Å². The topological polar surface area (TPSA) is 84.2 Å². The summed E-state index contributed by atoms with van der Waals surface area (Å²) < 4.78 is 1.35. The summed E-state index contributed by atoms with van der Waals surface area (Å²) in [6, 6.07) is 6.93. The van der Waals surface area contributed by atoms with Crippen LogP contribution in [0.2, 0.25) is 5.02 Å². The first-order chi connectivity index (χ1) is 12.1. The zero-order valence-corrected chi connectivity index (χ0v) is 16.2. The van der Waals surface area contributed by atoms with Crippen LogP contribution in [0.4, 0.5) is 0 Å². The minimum absolute atomic E-state index is 0.153. The van der Waals surface area contributed by atoms with Crippen molar-refractivity contribution in [3.63, 3.8) is 0 Å². The molecular weight excluding hydrogens is 354 g/mol. The molecule has 2 rings (SSSR count). The van der Waals surface area contributed by atoms with E-state index < -0.39 is 5.54 Å². The Morgan fingerprint density at radius 3 is 2.42 bits per heavy atom. The van der Waals surface area contributed by atoms with Crippen molar-refractivity contribution in [2.45, 2.75) is 46.2 Å². The molecule has 0 saturated heterocycles. The lowest BCUT2D eigenvalue weighted by molar-refractivity contribution is -0.123. The average molecular weight is 378 g/mol. The number of aliphatic hydroxyl groups is 1. The number of aryl methyl sites for hydroxylation is 1. The molecule has 1 aromatic heterocycles. The molecule has 7 heteroatoms. The third-order valence-corrected chi connectivity index (χ3v) is 4.00. The third-order valence-electron chi connectivity index (χ3n) is 3.75. The van der Waals surface area contributed by atoms with Gasteiger partial charge < -0.3 is 10.4 Å². The highest BCUT2D eigenvalue weighted by molar-refractivity contribution is 6.30. The Morgan fingerprint density at radius 1 is 1.27 bits per heavy atom. The Balaban J connectivity index is 2.57. The van der Waals surface area contributed by atoms with Gasteiger partial charge in [0.2, 0.25) is 5.91 Å². The summed E-state index contributed by atoms with van der Waals surface area (Å²) >= 11 is 5.94. The van der Waals surface area contributed by atoms with Gasteiger partial charge in [0.15, 0.2) is 0 Å². The van der Waals surface area contributed by atoms with Crippen molar-refractivity contribution in [2.75, 3.05) is 6.61 Å². The highest BCUT2D eigenvalue weighted by atomic mass is 35.5. The Morgan fingerprint density at radius 2 is 1.88 bits per heavy atom. The molecule has 0 atom stereocenters. The lowest BCUT2D eigenvalue weighted by Gasteiger charge is -2.22. The molecule has 26 heavy (non-hydrogen) atoms. The molecule has 2 N–H and O–H groups in total. The van der Waals surface area contributed by atoms with Crippen LogP contribution in [-0.4, -0.2) is 32.7 Å². The first-order valence-corrected chi connectivity index (χ1v) is 8.78. The number of hydrogen-bond donors (Lipinski definition) is 2. The van der Waals surface area contributed by atoms with Gasteiger partial charge in [0, 0.05) is 40.4 Å². The molecule has 0 aliphatic carbocycles. The normalized spacial score (nSPS) is 11.5. The van der Waals surface area contributed by atoms with Crippen LogP contribution in [0.3, 0.4) is 0 Å². The van der Waals surface area contributed by atoms with Crippen LogP contribution < -0.4 is 10.9 Å². The maximum absolute atomic E-state index is 12.9. The molecule has 1 amide bonds. The van der Waals surface area contributed by atoms with Gasteiger partial charge in [-0.2, -0.15) is 0 Å². The zero-order chi connectivity index (χ0) is 19.5. The van der Waals surface area contributed by atoms with E-state index in [0.717, 1.165) is 0 Å². The van der Waals surface area contributed by atoms with Crippen molar-refractivity contribution in [3.8, 4) is 11.4 Å². The molecule has 6 nitrogen and oxygen atoms in total. The Bertz CT molecular complexity index is 852. The number of nitrogens with zero attached hydrogens (tertiary/aromatic N) is 2. The number of halogens is 1. The van der Waals surface area contributed by atoms with Gasteiger partial charge in [0.25, 0.3) is 5.56 Å². The Labute approximate surface area is 157 Å². The first-order valence-electron chi connectivity index (χ1n) is 8.40. The van der Waals surface area contributed by atoms with Crippen molar-refractivity contribution >= 4 is 17.5 Å². The van der Waals surface area contributed by atoms with Gasteiger partial charge in [-0.05, 0) is 52.0 Å².